The Morgan fingerprint density at radius 2 is 1.58 bits per heavy atom. The molecule has 2 rings (SSSR count). The zero-order chi connectivity index (χ0) is 23.4. The normalized spacial score (nSPS) is 11.4. The molecule has 0 fully saturated rings. The zero-order valence-corrected chi connectivity index (χ0v) is 18.3. The molecule has 2 aromatic rings. The molecule has 1 atom stereocenters. The predicted molar refractivity (Wildman–Crippen MR) is 117 cm³/mol. The lowest BCUT2D eigenvalue weighted by molar-refractivity contribution is -0.159. The molecule has 1 heterocycles. The van der Waals surface area contributed by atoms with Gasteiger partial charge < -0.3 is 25.3 Å². The van der Waals surface area contributed by atoms with Crippen molar-refractivity contribution < 1.29 is 29.0 Å². The Morgan fingerprint density at radius 1 is 1.00 bits per heavy atom. The van der Waals surface area contributed by atoms with E-state index in [0.29, 0.717) is 6.54 Å². The van der Waals surface area contributed by atoms with Gasteiger partial charge in [-0.25, -0.2) is 9.59 Å². The number of hydrogen-bond donors (Lipinski definition) is 4. The first-order valence-corrected chi connectivity index (χ1v) is 9.98. The number of amides is 1. The van der Waals surface area contributed by atoms with Gasteiger partial charge in [0.2, 0.25) is 5.91 Å². The van der Waals surface area contributed by atoms with Gasteiger partial charge in [-0.15, -0.1) is 0 Å². The monoisotopic (exact) mass is 433 g/mol. The maximum atomic E-state index is 12.4. The third-order valence-corrected chi connectivity index (χ3v) is 4.56. The molecule has 31 heavy (non-hydrogen) atoms. The van der Waals surface area contributed by atoms with Gasteiger partial charge in [-0.3, -0.25) is 9.69 Å². The minimum Gasteiger partial charge on any atom is -0.473 e. The van der Waals surface area contributed by atoms with Crippen molar-refractivity contribution in [2.24, 2.45) is 0 Å². The van der Waals surface area contributed by atoms with E-state index in [1.165, 1.54) is 11.1 Å². The van der Waals surface area contributed by atoms with Crippen LogP contribution in [-0.2, 0) is 27.2 Å². The Kier molecular flexibility index (Phi) is 11.0. The van der Waals surface area contributed by atoms with Gasteiger partial charge in [0.1, 0.15) is 5.76 Å². The van der Waals surface area contributed by atoms with Crippen LogP contribution in [0.1, 0.15) is 36.8 Å². The lowest BCUT2D eigenvalue weighted by Gasteiger charge is -2.22. The summed E-state index contributed by atoms with van der Waals surface area (Å²) < 4.78 is 5.49. The van der Waals surface area contributed by atoms with Crippen LogP contribution in [0, 0.1) is 0 Å². The predicted octanol–water partition coefficient (Wildman–Crippen LogP) is 2.39. The lowest BCUT2D eigenvalue weighted by atomic mass is 10.0. The Balaban J connectivity index is 0.000000703. The highest BCUT2D eigenvalue weighted by atomic mass is 16.4. The van der Waals surface area contributed by atoms with Crippen LogP contribution in [0.3, 0.4) is 0 Å². The number of nitrogens with zero attached hydrogens (tertiary/aromatic N) is 1. The molecule has 0 bridgehead atoms. The molecule has 0 radical (unpaired) electrons. The average Bonchev–Trinajstić information content (AvgIpc) is 3.25. The first-order chi connectivity index (χ1) is 14.7. The molecule has 0 saturated carbocycles. The molecule has 0 saturated heterocycles. The first kappa shape index (κ1) is 25.9. The van der Waals surface area contributed by atoms with Gasteiger partial charge in [-0.05, 0) is 50.2 Å². The Morgan fingerprint density at radius 3 is 2.00 bits per heavy atom. The highest BCUT2D eigenvalue weighted by Crippen LogP contribution is 2.22. The number of likely N-dealkylation sites (N-methyl/N-ethyl adjacent to an activating group) is 1. The van der Waals surface area contributed by atoms with Crippen LogP contribution in [0.15, 0.2) is 41.0 Å². The van der Waals surface area contributed by atoms with E-state index < -0.39 is 11.9 Å². The van der Waals surface area contributed by atoms with Crippen molar-refractivity contribution in [1.29, 1.82) is 0 Å². The quantitative estimate of drug-likeness (QED) is 0.443. The van der Waals surface area contributed by atoms with Crippen LogP contribution in [0.2, 0.25) is 0 Å². The Bertz CT molecular complexity index is 815. The largest absolute Gasteiger partial charge is 0.473 e. The number of carboxylic acid groups (broad SMARTS) is 2. The number of hydrogen-bond acceptors (Lipinski definition) is 6. The van der Waals surface area contributed by atoms with Crippen LogP contribution < -0.4 is 10.6 Å². The number of para-hydroxylation sites is 1. The number of benzene rings is 1. The number of aliphatic carboxylic acids is 2. The number of carboxylic acids is 2. The van der Waals surface area contributed by atoms with E-state index in [0.717, 1.165) is 24.3 Å². The Labute approximate surface area is 182 Å². The van der Waals surface area contributed by atoms with Crippen molar-refractivity contribution in [3.8, 4) is 0 Å². The van der Waals surface area contributed by atoms with Crippen LogP contribution in [0.25, 0.3) is 0 Å². The fourth-order valence-electron chi connectivity index (χ4n) is 2.93. The minimum atomic E-state index is -1.82. The summed E-state index contributed by atoms with van der Waals surface area (Å²) in [6.07, 6.45) is 3.47. The second-order valence-electron chi connectivity index (χ2n) is 6.94. The fraction of sp³-hybridized carbons (Fsp3) is 0.409. The summed E-state index contributed by atoms with van der Waals surface area (Å²) >= 11 is 0. The Hall–Kier alpha value is -3.17. The molecule has 0 aliphatic carbocycles. The zero-order valence-electron chi connectivity index (χ0n) is 18.3. The summed E-state index contributed by atoms with van der Waals surface area (Å²) in [5, 5.41) is 21.1. The number of carbonyl (C=O) groups excluding carboxylic acids is 1. The number of furan rings is 1. The van der Waals surface area contributed by atoms with Crippen molar-refractivity contribution in [3.63, 3.8) is 0 Å². The van der Waals surface area contributed by atoms with E-state index in [4.69, 9.17) is 24.2 Å². The van der Waals surface area contributed by atoms with Gasteiger partial charge in [-0.1, -0.05) is 32.0 Å². The summed E-state index contributed by atoms with van der Waals surface area (Å²) in [5.74, 6) is -2.78. The second-order valence-corrected chi connectivity index (χ2v) is 6.94. The van der Waals surface area contributed by atoms with Gasteiger partial charge >= 0.3 is 11.9 Å². The first-order valence-electron chi connectivity index (χ1n) is 9.98. The summed E-state index contributed by atoms with van der Waals surface area (Å²) in [4.78, 5) is 32.6. The van der Waals surface area contributed by atoms with Crippen molar-refractivity contribution >= 4 is 23.5 Å². The van der Waals surface area contributed by atoms with E-state index in [9.17, 15) is 4.79 Å². The van der Waals surface area contributed by atoms with E-state index in [1.807, 2.05) is 26.2 Å². The molecular formula is C22H31N3O6. The van der Waals surface area contributed by atoms with Crippen LogP contribution in [0.5, 0.6) is 0 Å². The van der Waals surface area contributed by atoms with Gasteiger partial charge in [0.15, 0.2) is 0 Å². The number of aryl methyl sites for hydroxylation is 2. The third kappa shape index (κ3) is 8.61. The van der Waals surface area contributed by atoms with Gasteiger partial charge in [0.05, 0.1) is 18.8 Å². The average molecular weight is 434 g/mol. The molecule has 1 amide bonds. The molecule has 0 spiro atoms. The smallest absolute Gasteiger partial charge is 0.414 e. The highest BCUT2D eigenvalue weighted by molar-refractivity contribution is 6.27. The number of nitrogens with one attached hydrogen (secondary N) is 2. The lowest BCUT2D eigenvalue weighted by Crippen LogP contribution is -2.35. The molecule has 170 valence electrons. The molecule has 1 aromatic heterocycles. The van der Waals surface area contributed by atoms with E-state index in [-0.39, 0.29) is 18.5 Å². The van der Waals surface area contributed by atoms with Crippen molar-refractivity contribution in [2.45, 2.75) is 32.7 Å². The minimum absolute atomic E-state index is 0.0208. The summed E-state index contributed by atoms with van der Waals surface area (Å²) in [7, 11) is 4.00. The number of carbonyl (C=O) groups is 3. The van der Waals surface area contributed by atoms with Crippen molar-refractivity contribution in [2.75, 3.05) is 32.5 Å². The number of anilines is 1. The van der Waals surface area contributed by atoms with Crippen LogP contribution >= 0.6 is 0 Å². The molecule has 0 aliphatic rings. The van der Waals surface area contributed by atoms with Gasteiger partial charge in [0.25, 0.3) is 0 Å². The molecule has 9 nitrogen and oxygen atoms in total. The topological polar surface area (TPSA) is 132 Å². The molecule has 4 N–H and O–H groups in total. The molecule has 9 heteroatoms. The van der Waals surface area contributed by atoms with Crippen molar-refractivity contribution in [3.05, 3.63) is 53.5 Å². The maximum Gasteiger partial charge on any atom is 0.414 e. The van der Waals surface area contributed by atoms with Crippen molar-refractivity contribution in [1.82, 2.24) is 10.2 Å². The van der Waals surface area contributed by atoms with E-state index >= 15 is 0 Å². The van der Waals surface area contributed by atoms with E-state index in [2.05, 4.69) is 47.6 Å². The summed E-state index contributed by atoms with van der Waals surface area (Å²) in [6, 6.07) is 10.1. The fourth-order valence-corrected chi connectivity index (χ4v) is 2.93. The number of rotatable bonds is 9. The van der Waals surface area contributed by atoms with Gasteiger partial charge in [0, 0.05) is 12.2 Å². The van der Waals surface area contributed by atoms with Gasteiger partial charge in [-0.2, -0.15) is 0 Å². The SMILES string of the molecule is CCc1cccc(CC)c1NC(=O)CNCC(c1ccco1)N(C)C.O=C(O)C(=O)O. The maximum absolute atomic E-state index is 12.4. The molecular weight excluding hydrogens is 402 g/mol. The molecule has 1 unspecified atom stereocenters. The summed E-state index contributed by atoms with van der Waals surface area (Å²) in [5.41, 5.74) is 3.32. The summed E-state index contributed by atoms with van der Waals surface area (Å²) in [6.45, 7) is 5.12. The van der Waals surface area contributed by atoms with Crippen LogP contribution in [-0.4, -0.2) is 60.1 Å². The highest BCUT2D eigenvalue weighted by Gasteiger charge is 2.17. The standard InChI is InChI=1S/C20H29N3O2.C2H2O4/c1-5-15-9-7-10-16(6-2)20(15)22-19(24)14-21-13-17(23(3)4)18-11-8-12-25-18;3-1(4)2(5)6/h7-12,17,21H,5-6,13-14H2,1-4H3,(H,22,24);(H,3,4)(H,5,6). The van der Waals surface area contributed by atoms with E-state index in [1.54, 1.807) is 6.26 Å². The third-order valence-electron chi connectivity index (χ3n) is 4.56. The van der Waals surface area contributed by atoms with Crippen LogP contribution in [0.4, 0.5) is 5.69 Å². The second kappa shape index (κ2) is 13.2. The molecule has 1 aromatic carbocycles. The molecule has 0 aliphatic heterocycles.